The highest BCUT2D eigenvalue weighted by atomic mass is 79.9. The van der Waals surface area contributed by atoms with Crippen LogP contribution in [-0.2, 0) is 13.1 Å². The third-order valence-corrected chi connectivity index (χ3v) is 4.57. The van der Waals surface area contributed by atoms with E-state index in [4.69, 9.17) is 0 Å². The van der Waals surface area contributed by atoms with Crippen molar-refractivity contribution in [3.05, 3.63) is 44.4 Å². The molecule has 114 valence electrons. The van der Waals surface area contributed by atoms with Gasteiger partial charge in [0, 0.05) is 31.7 Å². The molecule has 0 saturated carbocycles. The van der Waals surface area contributed by atoms with Crippen LogP contribution in [0.2, 0.25) is 0 Å². The van der Waals surface area contributed by atoms with Crippen molar-refractivity contribution < 1.29 is 4.39 Å². The second kappa shape index (κ2) is 7.33. The van der Waals surface area contributed by atoms with Gasteiger partial charge in [0.2, 0.25) is 0 Å². The summed E-state index contributed by atoms with van der Waals surface area (Å²) in [7, 11) is 1.98. The zero-order chi connectivity index (χ0) is 15.4. The van der Waals surface area contributed by atoms with Gasteiger partial charge in [-0.3, -0.25) is 0 Å². The number of rotatable bonds is 6. The standard InChI is InChI=1S/C15H19BrFN3S/c1-10(2)18-6-12-5-13(17)7-19-15(12)20(3)8-11-4-14(16)21-9-11/h4-5,7,9-10,18H,6,8H2,1-3H3. The van der Waals surface area contributed by atoms with E-state index in [1.54, 1.807) is 17.4 Å². The number of thiophene rings is 1. The Morgan fingerprint density at radius 3 is 2.81 bits per heavy atom. The lowest BCUT2D eigenvalue weighted by molar-refractivity contribution is 0.577. The van der Waals surface area contributed by atoms with Crippen molar-refractivity contribution >= 4 is 33.1 Å². The number of hydrogen-bond acceptors (Lipinski definition) is 4. The van der Waals surface area contributed by atoms with E-state index in [1.165, 1.54) is 11.8 Å². The molecule has 0 fully saturated rings. The van der Waals surface area contributed by atoms with E-state index in [0.29, 0.717) is 12.6 Å². The summed E-state index contributed by atoms with van der Waals surface area (Å²) in [6.07, 6.45) is 1.27. The molecule has 0 aliphatic heterocycles. The molecule has 0 bridgehead atoms. The normalized spacial score (nSPS) is 11.1. The fraction of sp³-hybridized carbons (Fsp3) is 0.400. The maximum atomic E-state index is 13.5. The Morgan fingerprint density at radius 2 is 2.19 bits per heavy atom. The first-order valence-electron chi connectivity index (χ1n) is 6.77. The highest BCUT2D eigenvalue weighted by Crippen LogP contribution is 2.24. The quantitative estimate of drug-likeness (QED) is 0.825. The van der Waals surface area contributed by atoms with E-state index < -0.39 is 0 Å². The van der Waals surface area contributed by atoms with Crippen LogP contribution >= 0.6 is 27.3 Å². The fourth-order valence-electron chi connectivity index (χ4n) is 2.04. The maximum Gasteiger partial charge on any atom is 0.141 e. The second-order valence-corrected chi connectivity index (χ2v) is 7.58. The third-order valence-electron chi connectivity index (χ3n) is 3.01. The van der Waals surface area contributed by atoms with Crippen molar-refractivity contribution in [2.45, 2.75) is 33.0 Å². The number of hydrogen-bond donors (Lipinski definition) is 1. The van der Waals surface area contributed by atoms with E-state index in [0.717, 1.165) is 21.7 Å². The first-order valence-corrected chi connectivity index (χ1v) is 8.45. The number of nitrogens with one attached hydrogen (secondary N) is 1. The Kier molecular flexibility index (Phi) is 5.72. The van der Waals surface area contributed by atoms with Gasteiger partial charge in [0.25, 0.3) is 0 Å². The minimum Gasteiger partial charge on any atom is -0.355 e. The monoisotopic (exact) mass is 371 g/mol. The van der Waals surface area contributed by atoms with Gasteiger partial charge in [0.1, 0.15) is 11.6 Å². The topological polar surface area (TPSA) is 28.2 Å². The lowest BCUT2D eigenvalue weighted by atomic mass is 10.2. The smallest absolute Gasteiger partial charge is 0.141 e. The fourth-order valence-corrected chi connectivity index (χ4v) is 3.24. The predicted octanol–water partition coefficient (Wildman–Crippen LogP) is 4.18. The summed E-state index contributed by atoms with van der Waals surface area (Å²) in [6, 6.07) is 3.99. The Hall–Kier alpha value is -0.980. The van der Waals surface area contributed by atoms with Crippen LogP contribution in [0.3, 0.4) is 0 Å². The van der Waals surface area contributed by atoms with Crippen LogP contribution in [0, 0.1) is 5.82 Å². The summed E-state index contributed by atoms with van der Waals surface area (Å²) in [5, 5.41) is 5.42. The van der Waals surface area contributed by atoms with Gasteiger partial charge in [0.05, 0.1) is 9.98 Å². The molecule has 0 radical (unpaired) electrons. The Bertz CT molecular complexity index is 600. The van der Waals surface area contributed by atoms with Gasteiger partial charge >= 0.3 is 0 Å². The van der Waals surface area contributed by atoms with Crippen LogP contribution in [0.5, 0.6) is 0 Å². The molecule has 1 N–H and O–H groups in total. The van der Waals surface area contributed by atoms with Crippen LogP contribution in [0.15, 0.2) is 27.5 Å². The van der Waals surface area contributed by atoms with Gasteiger partial charge in [-0.05, 0) is 39.0 Å². The molecular weight excluding hydrogens is 353 g/mol. The summed E-state index contributed by atoms with van der Waals surface area (Å²) >= 11 is 5.13. The first kappa shape index (κ1) is 16.4. The van der Waals surface area contributed by atoms with Gasteiger partial charge in [-0.1, -0.05) is 13.8 Å². The van der Waals surface area contributed by atoms with Crippen molar-refractivity contribution in [1.29, 1.82) is 0 Å². The highest BCUT2D eigenvalue weighted by molar-refractivity contribution is 9.11. The van der Waals surface area contributed by atoms with Crippen molar-refractivity contribution in [3.8, 4) is 0 Å². The SMILES string of the molecule is CC(C)NCc1cc(F)cnc1N(C)Cc1csc(Br)c1. The second-order valence-electron chi connectivity index (χ2n) is 5.29. The molecule has 0 aromatic carbocycles. The zero-order valence-corrected chi connectivity index (χ0v) is 14.8. The molecule has 0 aliphatic rings. The third kappa shape index (κ3) is 4.76. The lowest BCUT2D eigenvalue weighted by Crippen LogP contribution is -2.25. The molecule has 2 rings (SSSR count). The summed E-state index contributed by atoms with van der Waals surface area (Å²) in [6.45, 7) is 5.49. The van der Waals surface area contributed by atoms with Gasteiger partial charge in [-0.2, -0.15) is 0 Å². The first-order chi connectivity index (χ1) is 9.95. The molecule has 2 aromatic rings. The molecule has 0 amide bonds. The highest BCUT2D eigenvalue weighted by Gasteiger charge is 2.12. The average molecular weight is 372 g/mol. The lowest BCUT2D eigenvalue weighted by Gasteiger charge is -2.21. The average Bonchev–Trinajstić information content (AvgIpc) is 2.81. The Balaban J connectivity index is 2.16. The maximum absolute atomic E-state index is 13.5. The molecule has 0 saturated heterocycles. The molecule has 0 aliphatic carbocycles. The number of nitrogens with zero attached hydrogens (tertiary/aromatic N) is 2. The molecule has 2 aromatic heterocycles. The largest absolute Gasteiger partial charge is 0.355 e. The zero-order valence-electron chi connectivity index (χ0n) is 12.4. The van der Waals surface area contributed by atoms with Crippen LogP contribution in [0.1, 0.15) is 25.0 Å². The van der Waals surface area contributed by atoms with Crippen LogP contribution in [-0.4, -0.2) is 18.1 Å². The molecule has 0 spiro atoms. The molecule has 3 nitrogen and oxygen atoms in total. The summed E-state index contributed by atoms with van der Waals surface area (Å²) in [4.78, 5) is 6.31. The van der Waals surface area contributed by atoms with Crippen molar-refractivity contribution in [3.63, 3.8) is 0 Å². The number of aromatic nitrogens is 1. The van der Waals surface area contributed by atoms with Gasteiger partial charge in [0.15, 0.2) is 0 Å². The molecule has 6 heteroatoms. The molecule has 21 heavy (non-hydrogen) atoms. The summed E-state index contributed by atoms with van der Waals surface area (Å²) in [5.74, 6) is 0.512. The van der Waals surface area contributed by atoms with Gasteiger partial charge < -0.3 is 10.2 Å². The van der Waals surface area contributed by atoms with Crippen molar-refractivity contribution in [1.82, 2.24) is 10.3 Å². The van der Waals surface area contributed by atoms with Crippen LogP contribution in [0.25, 0.3) is 0 Å². The minimum atomic E-state index is -0.300. The Labute approximate surface area is 137 Å². The minimum absolute atomic E-state index is 0.300. The Morgan fingerprint density at radius 1 is 1.43 bits per heavy atom. The number of pyridine rings is 1. The number of halogens is 2. The van der Waals surface area contributed by atoms with Crippen molar-refractivity contribution in [2.75, 3.05) is 11.9 Å². The van der Waals surface area contributed by atoms with Crippen LogP contribution < -0.4 is 10.2 Å². The number of anilines is 1. The predicted molar refractivity (Wildman–Crippen MR) is 90.3 cm³/mol. The van der Waals surface area contributed by atoms with Gasteiger partial charge in [-0.15, -0.1) is 11.3 Å². The van der Waals surface area contributed by atoms with Crippen molar-refractivity contribution in [2.24, 2.45) is 0 Å². The van der Waals surface area contributed by atoms with E-state index in [1.807, 2.05) is 11.9 Å². The molecular formula is C15H19BrFN3S. The summed E-state index contributed by atoms with van der Waals surface area (Å²) in [5.41, 5.74) is 2.09. The van der Waals surface area contributed by atoms with E-state index in [2.05, 4.69) is 51.5 Å². The molecule has 2 heterocycles. The van der Waals surface area contributed by atoms with E-state index in [9.17, 15) is 4.39 Å². The van der Waals surface area contributed by atoms with Crippen LogP contribution in [0.4, 0.5) is 10.2 Å². The van der Waals surface area contributed by atoms with E-state index in [-0.39, 0.29) is 5.82 Å². The summed E-state index contributed by atoms with van der Waals surface area (Å²) < 4.78 is 14.6. The molecule has 0 atom stereocenters. The van der Waals surface area contributed by atoms with Gasteiger partial charge in [-0.25, -0.2) is 9.37 Å². The molecule has 0 unspecified atom stereocenters. The van der Waals surface area contributed by atoms with E-state index >= 15 is 0 Å².